The number of aliphatic hydroxyl groups excluding tert-OH is 2. The van der Waals surface area contributed by atoms with E-state index in [4.69, 9.17) is 27.9 Å². The maximum Gasteiger partial charge on any atom is 0.523 e. The minimum Gasteiger partial charge on any atom is -0.394 e. The lowest BCUT2D eigenvalue weighted by molar-refractivity contribution is -0.374. The highest BCUT2D eigenvalue weighted by Crippen LogP contribution is 2.48. The van der Waals surface area contributed by atoms with Crippen molar-refractivity contribution in [2.75, 3.05) is 20.7 Å². The number of halogens is 7. The third-order valence-corrected chi connectivity index (χ3v) is 7.44. The van der Waals surface area contributed by atoms with Crippen molar-refractivity contribution >= 4 is 41.7 Å². The SMILES string of the molecule is CN(C)C(=O)c1ccc(Cl)cc1[C@@]1(n2cc(-c3cc(F)c(Cl)c(F)c3)nn2)[C@H](O)[C@H](CO)O[C@@H](S)[C@H]1OC(F)(F)F. The molecule has 0 spiro atoms. The first kappa shape index (κ1) is 31.4. The van der Waals surface area contributed by atoms with E-state index in [1.54, 1.807) is 0 Å². The summed E-state index contributed by atoms with van der Waals surface area (Å²) in [5, 5.41) is 28.5. The highest BCUT2D eigenvalue weighted by Gasteiger charge is 2.63. The molecule has 0 radical (unpaired) electrons. The Kier molecular flexibility index (Phi) is 8.91. The van der Waals surface area contributed by atoms with Crippen molar-refractivity contribution in [3.63, 3.8) is 0 Å². The highest BCUT2D eigenvalue weighted by molar-refractivity contribution is 7.80. The summed E-state index contributed by atoms with van der Waals surface area (Å²) in [6.45, 7) is -0.911. The molecule has 2 heterocycles. The van der Waals surface area contributed by atoms with Gasteiger partial charge in [0.15, 0.2) is 0 Å². The second-order valence-electron chi connectivity index (χ2n) is 9.19. The lowest BCUT2D eigenvalue weighted by atomic mass is 9.73. The van der Waals surface area contributed by atoms with Crippen molar-refractivity contribution in [2.45, 2.75) is 35.6 Å². The zero-order valence-electron chi connectivity index (χ0n) is 21.0. The van der Waals surface area contributed by atoms with Crippen molar-refractivity contribution in [3.05, 3.63) is 69.3 Å². The molecule has 0 bridgehead atoms. The first-order valence-corrected chi connectivity index (χ1v) is 12.9. The number of hydrogen-bond acceptors (Lipinski definition) is 8. The van der Waals surface area contributed by atoms with Gasteiger partial charge in [-0.25, -0.2) is 13.5 Å². The monoisotopic (exact) mass is 642 g/mol. The van der Waals surface area contributed by atoms with Gasteiger partial charge in [0.1, 0.15) is 51.6 Å². The normalized spacial score (nSPS) is 24.9. The highest BCUT2D eigenvalue weighted by atomic mass is 35.5. The van der Waals surface area contributed by atoms with Crippen LogP contribution < -0.4 is 0 Å². The Labute approximate surface area is 244 Å². The molecule has 0 aliphatic carbocycles. The number of carbonyl (C=O) groups excluding carboxylic acids is 1. The molecule has 2 aromatic carbocycles. The predicted molar refractivity (Wildman–Crippen MR) is 139 cm³/mol. The van der Waals surface area contributed by atoms with Crippen LogP contribution in [0.4, 0.5) is 22.0 Å². The first-order valence-electron chi connectivity index (χ1n) is 11.6. The average molecular weight is 643 g/mol. The number of aromatic nitrogens is 3. The molecule has 2 N–H and O–H groups in total. The summed E-state index contributed by atoms with van der Waals surface area (Å²) in [4.78, 5) is 14.4. The molecule has 5 atom stereocenters. The Balaban J connectivity index is 2.10. The number of nitrogens with zero attached hydrogens (tertiary/aromatic N) is 4. The molecule has 41 heavy (non-hydrogen) atoms. The van der Waals surface area contributed by atoms with Crippen LogP contribution in [0.2, 0.25) is 10.0 Å². The van der Waals surface area contributed by atoms with Crippen LogP contribution in [0.1, 0.15) is 15.9 Å². The van der Waals surface area contributed by atoms with Crippen molar-refractivity contribution in [3.8, 4) is 11.3 Å². The van der Waals surface area contributed by atoms with Crippen molar-refractivity contribution < 1.29 is 46.4 Å². The van der Waals surface area contributed by atoms with E-state index in [9.17, 15) is 37.0 Å². The molecule has 3 aromatic rings. The lowest BCUT2D eigenvalue weighted by Crippen LogP contribution is -2.69. The molecule has 1 aliphatic heterocycles. The molecule has 1 amide bonds. The minimum atomic E-state index is -5.35. The maximum absolute atomic E-state index is 14.2. The van der Waals surface area contributed by atoms with Crippen LogP contribution in [0.25, 0.3) is 11.3 Å². The number of thiol groups is 1. The lowest BCUT2D eigenvalue weighted by Gasteiger charge is -2.52. The fourth-order valence-electron chi connectivity index (χ4n) is 4.69. The van der Waals surface area contributed by atoms with Crippen LogP contribution in [-0.2, 0) is 15.0 Å². The number of benzene rings is 2. The Bertz CT molecular complexity index is 1440. The van der Waals surface area contributed by atoms with E-state index >= 15 is 0 Å². The number of hydrogen-bond donors (Lipinski definition) is 3. The van der Waals surface area contributed by atoms with Crippen LogP contribution in [0.5, 0.6) is 0 Å². The molecule has 1 saturated heterocycles. The molecule has 0 unspecified atom stereocenters. The van der Waals surface area contributed by atoms with Crippen LogP contribution in [0, 0.1) is 11.6 Å². The summed E-state index contributed by atoms with van der Waals surface area (Å²) in [7, 11) is 2.76. The second kappa shape index (κ2) is 11.6. The number of amides is 1. The molecule has 9 nitrogen and oxygen atoms in total. The van der Waals surface area contributed by atoms with E-state index in [-0.39, 0.29) is 27.4 Å². The van der Waals surface area contributed by atoms with Gasteiger partial charge in [-0.15, -0.1) is 30.9 Å². The topological polar surface area (TPSA) is 110 Å². The molecule has 1 aliphatic rings. The van der Waals surface area contributed by atoms with Crippen LogP contribution in [0.3, 0.4) is 0 Å². The van der Waals surface area contributed by atoms with Gasteiger partial charge >= 0.3 is 6.36 Å². The Morgan fingerprint density at radius 1 is 1.22 bits per heavy atom. The Hall–Kier alpha value is -2.53. The zero-order valence-corrected chi connectivity index (χ0v) is 23.4. The molecule has 17 heteroatoms. The molecule has 1 fully saturated rings. The molecular formula is C24H21Cl2F5N4O5S. The fraction of sp³-hybridized carbons (Fsp3) is 0.375. The van der Waals surface area contributed by atoms with Gasteiger partial charge in [0.2, 0.25) is 0 Å². The number of alkyl halides is 3. The molecule has 4 rings (SSSR count). The van der Waals surface area contributed by atoms with Gasteiger partial charge in [-0.1, -0.05) is 28.4 Å². The first-order chi connectivity index (χ1) is 19.1. The van der Waals surface area contributed by atoms with Crippen LogP contribution in [-0.4, -0.2) is 86.8 Å². The van der Waals surface area contributed by atoms with Gasteiger partial charge < -0.3 is 19.8 Å². The summed E-state index contributed by atoms with van der Waals surface area (Å²) in [6, 6.07) is 5.27. The van der Waals surface area contributed by atoms with Gasteiger partial charge in [-0.3, -0.25) is 9.53 Å². The number of carbonyl (C=O) groups is 1. The van der Waals surface area contributed by atoms with Gasteiger partial charge in [-0.2, -0.15) is 0 Å². The van der Waals surface area contributed by atoms with E-state index < -0.39 is 64.8 Å². The second-order valence-corrected chi connectivity index (χ2v) is 10.5. The Morgan fingerprint density at radius 2 is 1.85 bits per heavy atom. The minimum absolute atomic E-state index is 0.0578. The molecule has 0 saturated carbocycles. The zero-order chi connectivity index (χ0) is 30.4. The van der Waals surface area contributed by atoms with Gasteiger partial charge in [0.25, 0.3) is 5.91 Å². The van der Waals surface area contributed by atoms with Gasteiger partial charge in [0, 0.05) is 30.2 Å². The molecule has 1 aromatic heterocycles. The smallest absolute Gasteiger partial charge is 0.394 e. The van der Waals surface area contributed by atoms with Crippen LogP contribution >= 0.6 is 35.8 Å². The summed E-state index contributed by atoms with van der Waals surface area (Å²) in [5.74, 6) is -3.02. The number of ether oxygens (including phenoxy) is 2. The molecular weight excluding hydrogens is 622 g/mol. The summed E-state index contributed by atoms with van der Waals surface area (Å²) in [6.07, 6.45) is -10.4. The van der Waals surface area contributed by atoms with Gasteiger partial charge in [-0.05, 0) is 35.9 Å². The quantitative estimate of drug-likeness (QED) is 0.213. The van der Waals surface area contributed by atoms with Crippen molar-refractivity contribution in [1.29, 1.82) is 0 Å². The number of aliphatic hydroxyl groups is 2. The molecule has 222 valence electrons. The summed E-state index contributed by atoms with van der Waals surface area (Å²) >= 11 is 15.9. The predicted octanol–water partition coefficient (Wildman–Crippen LogP) is 3.89. The van der Waals surface area contributed by atoms with E-state index in [1.165, 1.54) is 26.2 Å². The van der Waals surface area contributed by atoms with Crippen LogP contribution in [0.15, 0.2) is 36.5 Å². The summed E-state index contributed by atoms with van der Waals surface area (Å²) < 4.78 is 80.6. The fourth-order valence-corrected chi connectivity index (χ4v) is 5.41. The largest absolute Gasteiger partial charge is 0.523 e. The van der Waals surface area contributed by atoms with E-state index in [0.717, 1.165) is 34.0 Å². The number of rotatable bonds is 6. The third kappa shape index (κ3) is 5.76. The van der Waals surface area contributed by atoms with Gasteiger partial charge in [0.05, 0.1) is 12.8 Å². The summed E-state index contributed by atoms with van der Waals surface area (Å²) in [5.41, 5.74) is -5.39. The van der Waals surface area contributed by atoms with E-state index in [2.05, 4.69) is 27.7 Å². The van der Waals surface area contributed by atoms with Crippen molar-refractivity contribution in [2.24, 2.45) is 0 Å². The van der Waals surface area contributed by atoms with E-state index in [1.807, 2.05) is 0 Å². The van der Waals surface area contributed by atoms with Crippen molar-refractivity contribution in [1.82, 2.24) is 19.9 Å². The standard InChI is InChI=1S/C24H21Cl2F5N4O5S/c1-34(2)21(38)12-4-3-11(25)7-13(12)23(19(37)17(9-36)39-22(41)20(23)40-24(29,30)31)35-8-16(32-33-35)10-5-14(27)18(26)15(28)6-10/h3-8,17,19-20,22,36-37,41H,9H2,1-2H3/t17-,19+,20+,22-,23+/m0/s1. The third-order valence-electron chi connectivity index (χ3n) is 6.45. The van der Waals surface area contributed by atoms with E-state index in [0.29, 0.717) is 0 Å². The Morgan fingerprint density at radius 3 is 2.41 bits per heavy atom. The average Bonchev–Trinajstić information content (AvgIpc) is 3.38. The maximum atomic E-state index is 14.2.